The molecule has 1 aliphatic carbocycles. The van der Waals surface area contributed by atoms with Crippen molar-refractivity contribution in [3.05, 3.63) is 146 Å². The maximum Gasteiger partial charge on any atom is 0.168 e. The Morgan fingerprint density at radius 2 is 0.739 bits per heavy atom. The van der Waals surface area contributed by atoms with Crippen LogP contribution in [-0.2, 0) is 0 Å². The summed E-state index contributed by atoms with van der Waals surface area (Å²) in [7, 11) is 0. The number of rotatable bonds is 3. The van der Waals surface area contributed by atoms with Crippen molar-refractivity contribution in [2.24, 2.45) is 0 Å². The van der Waals surface area contributed by atoms with Gasteiger partial charge in [0, 0.05) is 22.3 Å². The van der Waals surface area contributed by atoms with Crippen molar-refractivity contribution in [2.45, 2.75) is 0 Å². The molecule has 0 atom stereocenters. The molecule has 0 unspecified atom stereocenters. The molecule has 0 radical (unpaired) electrons. The molecule has 0 bridgehead atoms. The zero-order valence-electron chi connectivity index (χ0n) is 24.6. The van der Waals surface area contributed by atoms with Crippen molar-refractivity contribution in [1.82, 2.24) is 19.9 Å². The Morgan fingerprint density at radius 3 is 1.33 bits per heavy atom. The van der Waals surface area contributed by atoms with Gasteiger partial charge in [0.15, 0.2) is 17.3 Å². The van der Waals surface area contributed by atoms with E-state index in [-0.39, 0.29) is 0 Å². The van der Waals surface area contributed by atoms with E-state index in [0.29, 0.717) is 17.3 Å². The summed E-state index contributed by atoms with van der Waals surface area (Å²) in [5, 5.41) is 8.57. The summed E-state index contributed by atoms with van der Waals surface area (Å²) in [5.41, 5.74) is 8.83. The van der Waals surface area contributed by atoms with Crippen molar-refractivity contribution in [2.75, 3.05) is 0 Å². The number of fused-ring (bicyclic) bond motifs is 9. The molecule has 10 rings (SSSR count). The fraction of sp³-hybridized carbons (Fsp3) is 0. The van der Waals surface area contributed by atoms with Gasteiger partial charge in [-0.3, -0.25) is 0 Å². The first-order valence-electron chi connectivity index (χ1n) is 15.5. The van der Waals surface area contributed by atoms with E-state index in [1.165, 1.54) is 37.9 Å². The maximum absolute atomic E-state index is 5.10. The molecule has 0 amide bonds. The number of benzene rings is 7. The lowest BCUT2D eigenvalue weighted by atomic mass is 9.92. The number of aromatic nitrogens is 4. The van der Waals surface area contributed by atoms with Crippen LogP contribution in [0.1, 0.15) is 0 Å². The summed E-state index contributed by atoms with van der Waals surface area (Å²) in [5.74, 6) is 1.33. The van der Waals surface area contributed by atoms with Gasteiger partial charge in [0.25, 0.3) is 0 Å². The van der Waals surface area contributed by atoms with Gasteiger partial charge in [-0.05, 0) is 49.5 Å². The van der Waals surface area contributed by atoms with Crippen molar-refractivity contribution >= 4 is 43.4 Å². The molecule has 46 heavy (non-hydrogen) atoms. The van der Waals surface area contributed by atoms with E-state index in [1.54, 1.807) is 0 Å². The number of hydrogen-bond acceptors (Lipinski definition) is 4. The highest BCUT2D eigenvalue weighted by Gasteiger charge is 2.27. The van der Waals surface area contributed by atoms with E-state index < -0.39 is 0 Å². The minimum Gasteiger partial charge on any atom is -0.227 e. The van der Waals surface area contributed by atoms with Crippen LogP contribution in [0.3, 0.4) is 0 Å². The van der Waals surface area contributed by atoms with Crippen molar-refractivity contribution in [1.29, 1.82) is 0 Å². The van der Waals surface area contributed by atoms with Crippen LogP contribution in [-0.4, -0.2) is 19.9 Å². The zero-order chi connectivity index (χ0) is 30.2. The minimum atomic E-state index is 0.658. The van der Waals surface area contributed by atoms with Gasteiger partial charge in [0.1, 0.15) is 0 Å². The average Bonchev–Trinajstić information content (AvgIpc) is 3.46. The smallest absolute Gasteiger partial charge is 0.168 e. The lowest BCUT2D eigenvalue weighted by Crippen LogP contribution is -1.98. The summed E-state index contributed by atoms with van der Waals surface area (Å²) in [6, 6.07) is 51.2. The molecule has 7 aromatic carbocycles. The Kier molecular flexibility index (Phi) is 5.25. The second-order valence-electron chi connectivity index (χ2n) is 11.8. The highest BCUT2D eigenvalue weighted by Crippen LogP contribution is 2.45. The van der Waals surface area contributed by atoms with Crippen LogP contribution in [0.25, 0.3) is 99.8 Å². The van der Waals surface area contributed by atoms with E-state index >= 15 is 0 Å². The van der Waals surface area contributed by atoms with E-state index in [2.05, 4.69) is 103 Å². The zero-order valence-corrected chi connectivity index (χ0v) is 24.6. The van der Waals surface area contributed by atoms with E-state index in [4.69, 9.17) is 19.9 Å². The fourth-order valence-electron chi connectivity index (χ4n) is 7.07. The largest absolute Gasteiger partial charge is 0.227 e. The lowest BCUT2D eigenvalue weighted by Gasteiger charge is -2.12. The second-order valence-corrected chi connectivity index (χ2v) is 11.8. The minimum absolute atomic E-state index is 0.658. The topological polar surface area (TPSA) is 51.6 Å². The molecule has 0 saturated heterocycles. The highest BCUT2D eigenvalue weighted by molar-refractivity contribution is 6.25. The van der Waals surface area contributed by atoms with Crippen LogP contribution in [0.2, 0.25) is 0 Å². The summed E-state index contributed by atoms with van der Waals surface area (Å²) in [6.07, 6.45) is 0. The Morgan fingerprint density at radius 1 is 0.304 bits per heavy atom. The molecule has 212 valence electrons. The second kappa shape index (κ2) is 9.62. The van der Waals surface area contributed by atoms with Crippen LogP contribution < -0.4 is 0 Å². The van der Waals surface area contributed by atoms with Gasteiger partial charge < -0.3 is 0 Å². The molecule has 0 N–H and O–H groups in total. The van der Waals surface area contributed by atoms with Gasteiger partial charge in [-0.2, -0.15) is 0 Å². The maximum atomic E-state index is 5.10. The fourth-order valence-corrected chi connectivity index (χ4v) is 7.07. The molecule has 0 saturated carbocycles. The quantitative estimate of drug-likeness (QED) is 0.194. The molecule has 4 nitrogen and oxygen atoms in total. The summed E-state index contributed by atoms with van der Waals surface area (Å²) in [6.45, 7) is 0. The average molecular weight is 585 g/mol. The first-order valence-corrected chi connectivity index (χ1v) is 15.5. The summed E-state index contributed by atoms with van der Waals surface area (Å²) < 4.78 is 0. The molecule has 2 heterocycles. The van der Waals surface area contributed by atoms with Crippen molar-refractivity contribution in [3.63, 3.8) is 0 Å². The number of nitrogens with zero attached hydrogens (tertiary/aromatic N) is 4. The Balaban J connectivity index is 1.11. The third-order valence-electron chi connectivity index (χ3n) is 9.25. The van der Waals surface area contributed by atoms with Crippen LogP contribution in [0, 0.1) is 0 Å². The Labute approximate surface area is 264 Å². The molecule has 1 aliphatic rings. The van der Waals surface area contributed by atoms with Crippen LogP contribution >= 0.6 is 0 Å². The van der Waals surface area contributed by atoms with Gasteiger partial charge in [0.2, 0.25) is 0 Å². The van der Waals surface area contributed by atoms with Gasteiger partial charge >= 0.3 is 0 Å². The normalized spacial score (nSPS) is 11.9. The van der Waals surface area contributed by atoms with E-state index in [9.17, 15) is 0 Å². The van der Waals surface area contributed by atoms with Gasteiger partial charge in [-0.15, -0.1) is 0 Å². The Hall–Kier alpha value is -6.26. The predicted molar refractivity (Wildman–Crippen MR) is 188 cm³/mol. The van der Waals surface area contributed by atoms with Crippen molar-refractivity contribution < 1.29 is 0 Å². The SMILES string of the molecule is c1ccc(-c2nc3c4c(nc(-c5ccc(-c6ccc7c8ccccc8c8ccccc8c7c6)cc5)nc4n2)-c2ccccc2-3)cc1. The Bertz CT molecular complexity index is 2640. The van der Waals surface area contributed by atoms with Crippen LogP contribution in [0.5, 0.6) is 0 Å². The monoisotopic (exact) mass is 584 g/mol. The first kappa shape index (κ1) is 25.1. The van der Waals surface area contributed by atoms with E-state index in [0.717, 1.165) is 44.6 Å². The van der Waals surface area contributed by atoms with Crippen LogP contribution in [0.4, 0.5) is 0 Å². The molecule has 0 spiro atoms. The van der Waals surface area contributed by atoms with Gasteiger partial charge in [-0.1, -0.05) is 140 Å². The molecule has 0 fully saturated rings. The standard InChI is InChI=1S/C42H24N4/c1-2-10-26(11-3-1)40-43-38-34-16-8-9-17-35(34)39-37(38)42(45-40)46-41(44-39)27-20-18-25(19-21-27)28-22-23-33-31-14-5-4-12-29(31)30-13-6-7-15-32(30)36(33)24-28/h1-24H. The molecular formula is C42H24N4. The molecule has 4 heteroatoms. The van der Waals surface area contributed by atoms with Gasteiger partial charge in [-0.25, -0.2) is 19.9 Å². The van der Waals surface area contributed by atoms with Crippen LogP contribution in [0.15, 0.2) is 146 Å². The third-order valence-corrected chi connectivity index (χ3v) is 9.25. The molecule has 2 aromatic heterocycles. The van der Waals surface area contributed by atoms with Crippen molar-refractivity contribution in [3.8, 4) is 56.4 Å². The first-order chi connectivity index (χ1) is 22.8. The third kappa shape index (κ3) is 3.67. The summed E-state index contributed by atoms with van der Waals surface area (Å²) >= 11 is 0. The van der Waals surface area contributed by atoms with E-state index in [1.807, 2.05) is 42.5 Å². The molecule has 9 aromatic rings. The predicted octanol–water partition coefficient (Wildman–Crippen LogP) is 10.5. The highest BCUT2D eigenvalue weighted by atomic mass is 15.0. The van der Waals surface area contributed by atoms with Gasteiger partial charge in [0.05, 0.1) is 16.8 Å². The molecule has 0 aliphatic heterocycles. The molecular weight excluding hydrogens is 560 g/mol. The summed E-state index contributed by atoms with van der Waals surface area (Å²) in [4.78, 5) is 20.1. The number of hydrogen-bond donors (Lipinski definition) is 0. The lowest BCUT2D eigenvalue weighted by molar-refractivity contribution is 1.16.